The number of nitrogens with zero attached hydrogens (tertiary/aromatic N) is 2. The van der Waals surface area contributed by atoms with E-state index in [9.17, 15) is 9.59 Å². The Morgan fingerprint density at radius 2 is 1.60 bits per heavy atom. The first-order valence-corrected chi connectivity index (χ1v) is 10.2. The van der Waals surface area contributed by atoms with Gasteiger partial charge in [-0.1, -0.05) is 25.7 Å². The lowest BCUT2D eigenvalue weighted by molar-refractivity contribution is -0.137. The van der Waals surface area contributed by atoms with Crippen molar-refractivity contribution in [3.63, 3.8) is 0 Å². The van der Waals surface area contributed by atoms with Crippen LogP contribution in [0.3, 0.4) is 0 Å². The fraction of sp³-hybridized carbons (Fsp3) is 0.895. The van der Waals surface area contributed by atoms with Crippen LogP contribution in [0.2, 0.25) is 0 Å². The Kier molecular flexibility index (Phi) is 5.15. The number of ether oxygens (including phenoxy) is 1. The van der Waals surface area contributed by atoms with Gasteiger partial charge in [-0.25, -0.2) is 4.79 Å². The predicted molar refractivity (Wildman–Crippen MR) is 94.2 cm³/mol. The zero-order valence-corrected chi connectivity index (χ0v) is 15.1. The van der Waals surface area contributed by atoms with Crippen molar-refractivity contribution in [2.24, 2.45) is 5.92 Å². The molecule has 4 rings (SSSR count). The maximum absolute atomic E-state index is 12.7. The van der Waals surface area contributed by atoms with Crippen molar-refractivity contribution in [2.75, 3.05) is 26.2 Å². The average Bonchev–Trinajstić information content (AvgIpc) is 3.16. The minimum absolute atomic E-state index is 0.0233. The number of fused-ring (bicyclic) bond motifs is 2. The van der Waals surface area contributed by atoms with Gasteiger partial charge in [-0.05, 0) is 32.1 Å². The molecule has 0 unspecified atom stereocenters. The summed E-state index contributed by atoms with van der Waals surface area (Å²) in [5.41, 5.74) is 0. The van der Waals surface area contributed by atoms with Crippen molar-refractivity contribution >= 4 is 11.9 Å². The van der Waals surface area contributed by atoms with Crippen molar-refractivity contribution in [3.8, 4) is 0 Å². The molecule has 0 radical (unpaired) electrons. The monoisotopic (exact) mass is 349 g/mol. The van der Waals surface area contributed by atoms with E-state index in [-0.39, 0.29) is 30.1 Å². The van der Waals surface area contributed by atoms with Crippen LogP contribution >= 0.6 is 0 Å². The SMILES string of the molecule is O=C(NC1CCCCCC1)N1C[C@H]2C[C@H](C(=O)N3CCCC3)[C@@H](C1)O2. The summed E-state index contributed by atoms with van der Waals surface area (Å²) in [5, 5.41) is 3.23. The van der Waals surface area contributed by atoms with E-state index >= 15 is 0 Å². The molecular formula is C19H31N3O3. The minimum Gasteiger partial charge on any atom is -0.370 e. The first kappa shape index (κ1) is 17.1. The van der Waals surface area contributed by atoms with Crippen molar-refractivity contribution in [1.29, 1.82) is 0 Å². The topological polar surface area (TPSA) is 61.9 Å². The number of hydrogen-bond donors (Lipinski definition) is 1. The van der Waals surface area contributed by atoms with Gasteiger partial charge in [0.05, 0.1) is 18.1 Å². The molecule has 140 valence electrons. The van der Waals surface area contributed by atoms with Crippen molar-refractivity contribution in [3.05, 3.63) is 0 Å². The van der Waals surface area contributed by atoms with Crippen LogP contribution in [0.15, 0.2) is 0 Å². The van der Waals surface area contributed by atoms with Gasteiger partial charge in [0, 0.05) is 32.2 Å². The molecule has 0 aromatic heterocycles. The molecular weight excluding hydrogens is 318 g/mol. The number of rotatable bonds is 2. The Bertz CT molecular complexity index is 498. The molecule has 4 fully saturated rings. The highest BCUT2D eigenvalue weighted by Gasteiger charge is 2.47. The summed E-state index contributed by atoms with van der Waals surface area (Å²) in [5.74, 6) is 0.190. The molecule has 3 saturated heterocycles. The van der Waals surface area contributed by atoms with E-state index in [2.05, 4.69) is 5.32 Å². The van der Waals surface area contributed by atoms with Crippen molar-refractivity contribution in [1.82, 2.24) is 15.1 Å². The lowest BCUT2D eigenvalue weighted by Gasteiger charge is -2.34. The molecule has 1 aliphatic carbocycles. The fourth-order valence-corrected chi connectivity index (χ4v) is 4.95. The molecule has 0 aromatic carbocycles. The average molecular weight is 349 g/mol. The van der Waals surface area contributed by atoms with E-state index in [1.54, 1.807) is 0 Å². The van der Waals surface area contributed by atoms with Crippen molar-refractivity contribution < 1.29 is 14.3 Å². The summed E-state index contributed by atoms with van der Waals surface area (Å²) in [6.45, 7) is 2.95. The van der Waals surface area contributed by atoms with Crippen LogP contribution in [0.25, 0.3) is 0 Å². The number of amides is 3. The number of nitrogens with one attached hydrogen (secondary N) is 1. The molecule has 2 bridgehead atoms. The Balaban J connectivity index is 1.33. The Labute approximate surface area is 150 Å². The van der Waals surface area contributed by atoms with E-state index in [0.29, 0.717) is 19.1 Å². The molecule has 3 atom stereocenters. The molecule has 6 nitrogen and oxygen atoms in total. The van der Waals surface area contributed by atoms with Crippen LogP contribution in [0.5, 0.6) is 0 Å². The third-order valence-corrected chi connectivity index (χ3v) is 6.36. The molecule has 25 heavy (non-hydrogen) atoms. The first-order chi connectivity index (χ1) is 12.2. The molecule has 3 amide bonds. The van der Waals surface area contributed by atoms with E-state index < -0.39 is 0 Å². The second-order valence-electron chi connectivity index (χ2n) is 8.21. The van der Waals surface area contributed by atoms with Crippen LogP contribution in [0.1, 0.15) is 57.8 Å². The number of morpholine rings is 1. The lowest BCUT2D eigenvalue weighted by Crippen LogP contribution is -2.53. The van der Waals surface area contributed by atoms with Crippen LogP contribution in [0, 0.1) is 5.92 Å². The quantitative estimate of drug-likeness (QED) is 0.777. The molecule has 1 saturated carbocycles. The standard InChI is InChI=1S/C19H31N3O3/c23-18(21-9-5-6-10-21)16-11-15-12-22(13-17(16)25-15)19(24)20-14-7-3-1-2-4-8-14/h14-17H,1-13H2,(H,20,24)/t15-,16+,17-/m1/s1. The van der Waals surface area contributed by atoms with Gasteiger partial charge in [0.15, 0.2) is 0 Å². The van der Waals surface area contributed by atoms with Crippen LogP contribution in [0.4, 0.5) is 4.79 Å². The molecule has 0 aromatic rings. The fourth-order valence-electron chi connectivity index (χ4n) is 4.95. The second kappa shape index (κ2) is 7.52. The zero-order valence-electron chi connectivity index (χ0n) is 15.1. The number of hydrogen-bond acceptors (Lipinski definition) is 3. The normalized spacial score (nSPS) is 33.4. The molecule has 3 aliphatic heterocycles. The summed E-state index contributed by atoms with van der Waals surface area (Å²) in [4.78, 5) is 29.3. The number of likely N-dealkylation sites (tertiary alicyclic amines) is 2. The van der Waals surface area contributed by atoms with Gasteiger partial charge >= 0.3 is 6.03 Å². The molecule has 0 spiro atoms. The smallest absolute Gasteiger partial charge is 0.317 e. The van der Waals surface area contributed by atoms with E-state index in [0.717, 1.165) is 45.2 Å². The van der Waals surface area contributed by atoms with Gasteiger partial charge in [0.2, 0.25) is 5.91 Å². The number of urea groups is 1. The largest absolute Gasteiger partial charge is 0.370 e. The highest BCUT2D eigenvalue weighted by atomic mass is 16.5. The van der Waals surface area contributed by atoms with E-state index in [1.807, 2.05) is 9.80 Å². The zero-order chi connectivity index (χ0) is 17.2. The van der Waals surface area contributed by atoms with E-state index in [1.165, 1.54) is 25.7 Å². The number of carbonyl (C=O) groups excluding carboxylic acids is 2. The number of carbonyl (C=O) groups is 2. The third-order valence-electron chi connectivity index (χ3n) is 6.36. The third kappa shape index (κ3) is 3.78. The lowest BCUT2D eigenvalue weighted by atomic mass is 9.99. The van der Waals surface area contributed by atoms with Gasteiger partial charge in [-0.3, -0.25) is 4.79 Å². The predicted octanol–water partition coefficient (Wildman–Crippen LogP) is 2.13. The summed E-state index contributed by atoms with van der Waals surface area (Å²) in [6.07, 6.45) is 10.1. The second-order valence-corrected chi connectivity index (χ2v) is 8.21. The maximum Gasteiger partial charge on any atom is 0.317 e. The Morgan fingerprint density at radius 1 is 0.880 bits per heavy atom. The first-order valence-electron chi connectivity index (χ1n) is 10.2. The minimum atomic E-state index is -0.119. The van der Waals surface area contributed by atoms with Crippen LogP contribution in [-0.4, -0.2) is 66.2 Å². The Morgan fingerprint density at radius 3 is 2.32 bits per heavy atom. The van der Waals surface area contributed by atoms with Crippen molar-refractivity contribution in [2.45, 2.75) is 76.0 Å². The molecule has 4 aliphatic rings. The maximum atomic E-state index is 12.7. The summed E-state index contributed by atoms with van der Waals surface area (Å²) in [7, 11) is 0. The van der Waals surface area contributed by atoms with Gasteiger partial charge in [-0.2, -0.15) is 0 Å². The highest BCUT2D eigenvalue weighted by molar-refractivity contribution is 5.81. The highest BCUT2D eigenvalue weighted by Crippen LogP contribution is 2.34. The summed E-state index contributed by atoms with van der Waals surface area (Å²) >= 11 is 0. The summed E-state index contributed by atoms with van der Waals surface area (Å²) in [6, 6.07) is 0.358. The molecule has 6 heteroatoms. The molecule has 3 heterocycles. The summed E-state index contributed by atoms with van der Waals surface area (Å²) < 4.78 is 6.01. The van der Waals surface area contributed by atoms with Gasteiger partial charge in [0.1, 0.15) is 0 Å². The van der Waals surface area contributed by atoms with Gasteiger partial charge in [0.25, 0.3) is 0 Å². The van der Waals surface area contributed by atoms with E-state index in [4.69, 9.17) is 4.74 Å². The molecule has 1 N–H and O–H groups in total. The van der Waals surface area contributed by atoms with Gasteiger partial charge in [-0.15, -0.1) is 0 Å². The van der Waals surface area contributed by atoms with Gasteiger partial charge < -0.3 is 19.9 Å². The Hall–Kier alpha value is -1.30. The van der Waals surface area contributed by atoms with Crippen LogP contribution < -0.4 is 5.32 Å². The van der Waals surface area contributed by atoms with Crippen LogP contribution in [-0.2, 0) is 9.53 Å².